The van der Waals surface area contributed by atoms with E-state index in [1.54, 1.807) is 12.1 Å². The van der Waals surface area contributed by atoms with Gasteiger partial charge in [-0.05, 0) is 43.9 Å². The van der Waals surface area contributed by atoms with Crippen LogP contribution in [0.5, 0.6) is 0 Å². The van der Waals surface area contributed by atoms with Crippen molar-refractivity contribution in [3.8, 4) is 6.07 Å². The molecule has 0 spiro atoms. The van der Waals surface area contributed by atoms with Crippen molar-refractivity contribution in [1.29, 1.82) is 5.26 Å². The summed E-state index contributed by atoms with van der Waals surface area (Å²) >= 11 is 1.52. The van der Waals surface area contributed by atoms with E-state index in [9.17, 15) is 13.2 Å². The van der Waals surface area contributed by atoms with E-state index < -0.39 is 10.0 Å². The number of hydrogen-bond acceptors (Lipinski definition) is 6. The summed E-state index contributed by atoms with van der Waals surface area (Å²) in [4.78, 5) is 16.6. The number of carbonyl (C=O) groups excluding carboxylic acids is 1. The second-order valence-corrected chi connectivity index (χ2v) is 10.3. The molecular formula is C20H22N4O3S2. The van der Waals surface area contributed by atoms with Gasteiger partial charge in [0.15, 0.2) is 0 Å². The standard InChI is InChI=1S/C20H22N4O3S2/c21-10-14-3-1-5-18(9-14)29(26,27)24-8-2-4-16(12-24)20-23-17(13-28-20)11-22-19(25)15-6-7-15/h1,3,5,9,13,15-16H,2,4,6-8,11-12H2,(H,22,25)/t16-/m0/s1. The van der Waals surface area contributed by atoms with Crippen LogP contribution in [0, 0.1) is 17.2 Å². The smallest absolute Gasteiger partial charge is 0.243 e. The molecule has 1 aromatic carbocycles. The quantitative estimate of drug-likeness (QED) is 0.759. The Morgan fingerprint density at radius 2 is 2.17 bits per heavy atom. The highest BCUT2D eigenvalue weighted by molar-refractivity contribution is 7.89. The first-order chi connectivity index (χ1) is 14.0. The Balaban J connectivity index is 1.44. The number of hydrogen-bond donors (Lipinski definition) is 1. The average Bonchev–Trinajstić information content (AvgIpc) is 3.50. The summed E-state index contributed by atoms with van der Waals surface area (Å²) in [5.74, 6) is 0.300. The zero-order valence-corrected chi connectivity index (χ0v) is 17.5. The monoisotopic (exact) mass is 430 g/mol. The number of benzene rings is 1. The second kappa shape index (κ2) is 8.22. The summed E-state index contributed by atoms with van der Waals surface area (Å²) in [5.41, 5.74) is 1.15. The van der Waals surface area contributed by atoms with Gasteiger partial charge in [0.1, 0.15) is 0 Å². The summed E-state index contributed by atoms with van der Waals surface area (Å²) in [6, 6.07) is 8.13. The fourth-order valence-electron chi connectivity index (χ4n) is 3.50. The van der Waals surface area contributed by atoms with E-state index in [0.29, 0.717) is 25.2 Å². The van der Waals surface area contributed by atoms with E-state index in [2.05, 4.69) is 10.3 Å². The lowest BCUT2D eigenvalue weighted by molar-refractivity contribution is -0.122. The van der Waals surface area contributed by atoms with Crippen LogP contribution in [0.2, 0.25) is 0 Å². The van der Waals surface area contributed by atoms with Gasteiger partial charge in [-0.15, -0.1) is 11.3 Å². The molecule has 1 N–H and O–H groups in total. The third kappa shape index (κ3) is 4.50. The fraction of sp³-hybridized carbons (Fsp3) is 0.450. The highest BCUT2D eigenvalue weighted by atomic mass is 32.2. The number of sulfonamides is 1. The normalized spacial score (nSPS) is 20.2. The Morgan fingerprint density at radius 3 is 2.93 bits per heavy atom. The van der Waals surface area contributed by atoms with Gasteiger partial charge in [0.2, 0.25) is 15.9 Å². The number of amides is 1. The van der Waals surface area contributed by atoms with Crippen LogP contribution in [0.4, 0.5) is 0 Å². The molecule has 0 bridgehead atoms. The molecule has 1 saturated heterocycles. The summed E-state index contributed by atoms with van der Waals surface area (Å²) in [6.45, 7) is 1.26. The van der Waals surface area contributed by atoms with Crippen LogP contribution < -0.4 is 5.32 Å². The van der Waals surface area contributed by atoms with E-state index in [-0.39, 0.29) is 22.6 Å². The van der Waals surface area contributed by atoms with Crippen LogP contribution in [0.15, 0.2) is 34.5 Å². The molecule has 2 fully saturated rings. The molecule has 1 aromatic heterocycles. The second-order valence-electron chi connectivity index (χ2n) is 7.51. The van der Waals surface area contributed by atoms with Crippen LogP contribution in [0.1, 0.15) is 47.9 Å². The van der Waals surface area contributed by atoms with Gasteiger partial charge in [0, 0.05) is 30.3 Å². The molecule has 152 valence electrons. The Morgan fingerprint density at radius 1 is 1.34 bits per heavy atom. The topological polar surface area (TPSA) is 103 Å². The summed E-state index contributed by atoms with van der Waals surface area (Å²) in [7, 11) is -3.65. The van der Waals surface area contributed by atoms with Crippen molar-refractivity contribution in [1.82, 2.24) is 14.6 Å². The molecule has 1 aliphatic heterocycles. The molecule has 0 radical (unpaired) electrons. The lowest BCUT2D eigenvalue weighted by Gasteiger charge is -2.31. The number of aromatic nitrogens is 1. The minimum absolute atomic E-state index is 0.0376. The molecule has 1 aliphatic carbocycles. The van der Waals surface area contributed by atoms with Crippen LogP contribution in [0.25, 0.3) is 0 Å². The number of nitriles is 1. The number of piperidine rings is 1. The van der Waals surface area contributed by atoms with Crippen LogP contribution in [-0.2, 0) is 21.4 Å². The van der Waals surface area contributed by atoms with Gasteiger partial charge in [-0.3, -0.25) is 4.79 Å². The van der Waals surface area contributed by atoms with Crippen molar-refractivity contribution < 1.29 is 13.2 Å². The molecule has 1 amide bonds. The van der Waals surface area contributed by atoms with E-state index in [4.69, 9.17) is 5.26 Å². The zero-order valence-electron chi connectivity index (χ0n) is 15.9. The van der Waals surface area contributed by atoms with Gasteiger partial charge in [-0.25, -0.2) is 13.4 Å². The van der Waals surface area contributed by atoms with Crippen molar-refractivity contribution in [3.05, 3.63) is 45.9 Å². The maximum atomic E-state index is 13.0. The Hall–Kier alpha value is -2.28. The van der Waals surface area contributed by atoms with Gasteiger partial charge in [-0.2, -0.15) is 9.57 Å². The SMILES string of the molecule is N#Cc1cccc(S(=O)(=O)N2CCC[C@H](c3nc(CNC(=O)C4CC4)cs3)C2)c1. The third-order valence-corrected chi connectivity index (χ3v) is 8.21. The highest BCUT2D eigenvalue weighted by Gasteiger charge is 2.32. The van der Waals surface area contributed by atoms with E-state index >= 15 is 0 Å². The molecule has 2 aliphatic rings. The molecule has 9 heteroatoms. The van der Waals surface area contributed by atoms with Gasteiger partial charge >= 0.3 is 0 Å². The highest BCUT2D eigenvalue weighted by Crippen LogP contribution is 2.32. The number of thiazole rings is 1. The molecule has 29 heavy (non-hydrogen) atoms. The van der Waals surface area contributed by atoms with Crippen molar-refractivity contribution in [3.63, 3.8) is 0 Å². The van der Waals surface area contributed by atoms with Crippen molar-refractivity contribution in [2.45, 2.75) is 43.0 Å². The molecule has 1 saturated carbocycles. The number of nitrogens with zero attached hydrogens (tertiary/aromatic N) is 3. The van der Waals surface area contributed by atoms with Crippen LogP contribution >= 0.6 is 11.3 Å². The number of nitrogens with one attached hydrogen (secondary N) is 1. The zero-order chi connectivity index (χ0) is 20.4. The summed E-state index contributed by atoms with van der Waals surface area (Å²) < 4.78 is 27.6. The lowest BCUT2D eigenvalue weighted by atomic mass is 10.0. The Kier molecular flexibility index (Phi) is 5.67. The van der Waals surface area contributed by atoms with Crippen LogP contribution in [-0.4, -0.2) is 36.7 Å². The molecular weight excluding hydrogens is 408 g/mol. The maximum Gasteiger partial charge on any atom is 0.243 e. The van der Waals surface area contributed by atoms with Gasteiger partial charge in [-0.1, -0.05) is 6.07 Å². The molecule has 2 aromatic rings. The first-order valence-electron chi connectivity index (χ1n) is 9.69. The van der Waals surface area contributed by atoms with E-state index in [1.165, 1.54) is 27.8 Å². The summed E-state index contributed by atoms with van der Waals surface area (Å²) in [5, 5.41) is 14.8. The summed E-state index contributed by atoms with van der Waals surface area (Å²) in [6.07, 6.45) is 3.58. The van der Waals surface area contributed by atoms with E-state index in [0.717, 1.165) is 36.4 Å². The van der Waals surface area contributed by atoms with Gasteiger partial charge in [0.05, 0.1) is 33.8 Å². The predicted octanol–water partition coefficient (Wildman–Crippen LogP) is 2.61. The van der Waals surface area contributed by atoms with Crippen molar-refractivity contribution >= 4 is 27.3 Å². The van der Waals surface area contributed by atoms with Crippen LogP contribution in [0.3, 0.4) is 0 Å². The average molecular weight is 431 g/mol. The maximum absolute atomic E-state index is 13.0. The van der Waals surface area contributed by atoms with Crippen molar-refractivity contribution in [2.75, 3.05) is 13.1 Å². The lowest BCUT2D eigenvalue weighted by Crippen LogP contribution is -2.39. The first-order valence-corrected chi connectivity index (χ1v) is 12.0. The minimum Gasteiger partial charge on any atom is -0.350 e. The predicted molar refractivity (Wildman–Crippen MR) is 109 cm³/mol. The molecule has 4 rings (SSSR count). The van der Waals surface area contributed by atoms with Gasteiger partial charge < -0.3 is 5.32 Å². The number of rotatable bonds is 6. The first kappa shape index (κ1) is 20.0. The Bertz CT molecular complexity index is 1050. The molecule has 2 heterocycles. The molecule has 0 unspecified atom stereocenters. The third-order valence-electron chi connectivity index (χ3n) is 5.30. The molecule has 7 nitrogen and oxygen atoms in total. The van der Waals surface area contributed by atoms with Gasteiger partial charge in [0.25, 0.3) is 0 Å². The largest absolute Gasteiger partial charge is 0.350 e. The fourth-order valence-corrected chi connectivity index (χ4v) is 6.01. The Labute approximate surface area is 174 Å². The van der Waals surface area contributed by atoms with Crippen molar-refractivity contribution in [2.24, 2.45) is 5.92 Å². The molecule has 1 atom stereocenters. The van der Waals surface area contributed by atoms with E-state index in [1.807, 2.05) is 11.4 Å². The number of carbonyl (C=O) groups is 1. The minimum atomic E-state index is -3.65.